The number of benzene rings is 2. The van der Waals surface area contributed by atoms with Gasteiger partial charge in [-0.2, -0.15) is 0 Å². The van der Waals surface area contributed by atoms with Gasteiger partial charge in [0.1, 0.15) is 17.4 Å². The minimum Gasteiger partial charge on any atom is -0.489 e. The van der Waals surface area contributed by atoms with Gasteiger partial charge < -0.3 is 4.74 Å². The molecule has 0 saturated heterocycles. The van der Waals surface area contributed by atoms with Crippen molar-refractivity contribution in [1.29, 1.82) is 0 Å². The first-order chi connectivity index (χ1) is 10.2. The van der Waals surface area contributed by atoms with E-state index in [1.165, 1.54) is 0 Å². The fraction of sp³-hybridized carbons (Fsp3) is 0.167. The zero-order valence-electron chi connectivity index (χ0n) is 12.4. The van der Waals surface area contributed by atoms with Gasteiger partial charge >= 0.3 is 0 Å². The lowest BCUT2D eigenvalue weighted by atomic mass is 10.2. The van der Waals surface area contributed by atoms with Crippen molar-refractivity contribution in [3.8, 4) is 5.75 Å². The van der Waals surface area contributed by atoms with Gasteiger partial charge in [-0.25, -0.2) is 0 Å². The first-order valence-electron chi connectivity index (χ1n) is 6.76. The van der Waals surface area contributed by atoms with Crippen molar-refractivity contribution >= 4 is 16.8 Å². The molecule has 0 heterocycles. The van der Waals surface area contributed by atoms with Crippen LogP contribution in [0.15, 0.2) is 71.1 Å². The minimum absolute atomic E-state index is 0.579. The summed E-state index contributed by atoms with van der Waals surface area (Å²) in [5.41, 5.74) is 2.24. The average Bonchev–Trinajstić information content (AvgIpc) is 2.52. The van der Waals surface area contributed by atoms with Gasteiger partial charge in [0.2, 0.25) is 0 Å². The van der Waals surface area contributed by atoms with E-state index in [-0.39, 0.29) is 0 Å². The Balaban J connectivity index is 2.00. The van der Waals surface area contributed by atoms with Crippen LogP contribution in [0, 0.1) is 0 Å². The highest BCUT2D eigenvalue weighted by Crippen LogP contribution is 2.22. The molecule has 0 unspecified atom stereocenters. The smallest absolute Gasteiger partial charge is 0.119 e. The second-order valence-corrected chi connectivity index (χ2v) is 5.92. The molecule has 0 saturated carbocycles. The second-order valence-electron chi connectivity index (χ2n) is 4.63. The van der Waals surface area contributed by atoms with E-state index < -0.39 is 0 Å². The summed E-state index contributed by atoms with van der Waals surface area (Å²) in [5.74, 6) is 0.860. The molecular formula is C18H19NOS. The van der Waals surface area contributed by atoms with E-state index >= 15 is 0 Å². The predicted octanol–water partition coefficient (Wildman–Crippen LogP) is 4.91. The van der Waals surface area contributed by atoms with Gasteiger partial charge in [-0.05, 0) is 41.7 Å². The summed E-state index contributed by atoms with van der Waals surface area (Å²) in [7, 11) is 1.80. The van der Waals surface area contributed by atoms with Crippen molar-refractivity contribution in [3.63, 3.8) is 0 Å². The maximum atomic E-state index is 5.78. The molecule has 2 nitrogen and oxygen atoms in total. The number of nitrogens with zero attached hydrogens (tertiary/aromatic N) is 1. The van der Waals surface area contributed by atoms with Gasteiger partial charge in [0.15, 0.2) is 0 Å². The van der Waals surface area contributed by atoms with Gasteiger partial charge in [0.05, 0.1) is 0 Å². The van der Waals surface area contributed by atoms with Crippen molar-refractivity contribution in [2.75, 3.05) is 7.05 Å². The summed E-state index contributed by atoms with van der Waals surface area (Å²) in [6.07, 6.45) is 0. The lowest BCUT2D eigenvalue weighted by Gasteiger charge is -2.08. The van der Waals surface area contributed by atoms with Crippen LogP contribution < -0.4 is 4.74 Å². The molecule has 0 N–H and O–H groups in total. The van der Waals surface area contributed by atoms with Crippen LogP contribution in [0.25, 0.3) is 0 Å². The molecule has 0 spiro atoms. The minimum atomic E-state index is 0.579. The van der Waals surface area contributed by atoms with Crippen molar-refractivity contribution in [2.45, 2.75) is 13.5 Å². The van der Waals surface area contributed by atoms with Gasteiger partial charge in [-0.15, -0.1) is 0 Å². The molecular weight excluding hydrogens is 278 g/mol. The monoisotopic (exact) mass is 297 g/mol. The van der Waals surface area contributed by atoms with E-state index in [1.54, 1.807) is 18.8 Å². The lowest BCUT2D eigenvalue weighted by molar-refractivity contribution is 0.306. The molecule has 108 valence electrons. The van der Waals surface area contributed by atoms with Gasteiger partial charge in [0, 0.05) is 12.6 Å². The van der Waals surface area contributed by atoms with Crippen LogP contribution in [0.4, 0.5) is 0 Å². The number of ether oxygens (including phenoxy) is 1. The van der Waals surface area contributed by atoms with E-state index in [0.29, 0.717) is 6.61 Å². The highest BCUT2D eigenvalue weighted by Gasteiger charge is 2.04. The molecule has 2 rings (SSSR count). The van der Waals surface area contributed by atoms with Gasteiger partial charge in [-0.1, -0.05) is 48.7 Å². The van der Waals surface area contributed by atoms with Crippen LogP contribution >= 0.6 is 11.8 Å². The summed E-state index contributed by atoms with van der Waals surface area (Å²) < 4.78 is 5.78. The van der Waals surface area contributed by atoms with Crippen LogP contribution in [0.2, 0.25) is 0 Å². The Morgan fingerprint density at radius 3 is 2.33 bits per heavy atom. The third kappa shape index (κ3) is 4.80. The van der Waals surface area contributed by atoms with Crippen molar-refractivity contribution in [3.05, 3.63) is 77.2 Å². The number of rotatable bonds is 5. The second kappa shape index (κ2) is 7.70. The largest absolute Gasteiger partial charge is 0.489 e. The maximum Gasteiger partial charge on any atom is 0.119 e. The first kappa shape index (κ1) is 15.4. The Hall–Kier alpha value is -2.00. The number of hydrogen-bond donors (Lipinski definition) is 0. The molecule has 0 bridgehead atoms. The summed E-state index contributed by atoms with van der Waals surface area (Å²) in [6.45, 7) is 6.46. The Labute approximate surface area is 130 Å². The molecule has 3 heteroatoms. The quantitative estimate of drug-likeness (QED) is 0.578. The Morgan fingerprint density at radius 2 is 1.76 bits per heavy atom. The van der Waals surface area contributed by atoms with Crippen LogP contribution in [0.1, 0.15) is 18.1 Å². The summed E-state index contributed by atoms with van der Waals surface area (Å²) in [4.78, 5) is 5.33. The molecule has 21 heavy (non-hydrogen) atoms. The standard InChI is InChI=1S/C18H19NOS/c1-14(2)21-18(19-3)16-9-11-17(12-10-16)20-13-15-7-5-4-6-8-15/h4-12H,1,13H2,2-3H3/b19-18-. The van der Waals surface area contributed by atoms with Crippen LogP contribution in [-0.2, 0) is 6.61 Å². The fourth-order valence-corrected chi connectivity index (χ4v) is 2.51. The highest BCUT2D eigenvalue weighted by atomic mass is 32.2. The topological polar surface area (TPSA) is 21.6 Å². The summed E-state index contributed by atoms with van der Waals surface area (Å²) in [6, 6.07) is 18.1. The molecule has 2 aromatic rings. The molecule has 0 fully saturated rings. The molecule has 0 amide bonds. The van der Waals surface area contributed by atoms with Crippen molar-refractivity contribution < 1.29 is 4.74 Å². The number of hydrogen-bond acceptors (Lipinski definition) is 3. The summed E-state index contributed by atoms with van der Waals surface area (Å²) in [5, 5.41) is 0.970. The molecule has 0 radical (unpaired) electrons. The Morgan fingerprint density at radius 1 is 1.10 bits per heavy atom. The van der Waals surface area contributed by atoms with Gasteiger partial charge in [-0.3, -0.25) is 4.99 Å². The van der Waals surface area contributed by atoms with E-state index in [1.807, 2.05) is 49.4 Å². The van der Waals surface area contributed by atoms with E-state index in [0.717, 1.165) is 26.8 Å². The molecule has 0 aliphatic carbocycles. The Kier molecular flexibility index (Phi) is 5.64. The number of allylic oxidation sites excluding steroid dienone is 1. The van der Waals surface area contributed by atoms with Crippen LogP contribution in [-0.4, -0.2) is 12.1 Å². The molecule has 0 aliphatic rings. The zero-order valence-corrected chi connectivity index (χ0v) is 13.2. The Bertz CT molecular complexity index is 617. The first-order valence-corrected chi connectivity index (χ1v) is 7.58. The number of aliphatic imine (C=N–C) groups is 1. The zero-order chi connectivity index (χ0) is 15.1. The number of thioether (sulfide) groups is 1. The molecule has 0 aromatic heterocycles. The fourth-order valence-electron chi connectivity index (χ4n) is 1.83. The predicted molar refractivity (Wildman–Crippen MR) is 92.1 cm³/mol. The third-order valence-electron chi connectivity index (χ3n) is 2.82. The maximum absolute atomic E-state index is 5.78. The molecule has 2 aromatic carbocycles. The van der Waals surface area contributed by atoms with E-state index in [2.05, 4.69) is 23.7 Å². The van der Waals surface area contributed by atoms with Crippen molar-refractivity contribution in [1.82, 2.24) is 0 Å². The van der Waals surface area contributed by atoms with Gasteiger partial charge in [0.25, 0.3) is 0 Å². The van der Waals surface area contributed by atoms with E-state index in [9.17, 15) is 0 Å². The van der Waals surface area contributed by atoms with Crippen LogP contribution in [0.3, 0.4) is 0 Å². The molecule has 0 aliphatic heterocycles. The normalized spacial score (nSPS) is 11.2. The highest BCUT2D eigenvalue weighted by molar-refractivity contribution is 8.17. The SMILES string of the molecule is C=C(C)S/C(=N\C)c1ccc(OCc2ccccc2)cc1. The average molecular weight is 297 g/mol. The van der Waals surface area contributed by atoms with Crippen molar-refractivity contribution in [2.24, 2.45) is 4.99 Å². The van der Waals surface area contributed by atoms with Crippen LogP contribution in [0.5, 0.6) is 5.75 Å². The third-order valence-corrected chi connectivity index (χ3v) is 3.78. The van der Waals surface area contributed by atoms with E-state index in [4.69, 9.17) is 4.74 Å². The molecule has 0 atom stereocenters. The lowest BCUT2D eigenvalue weighted by Crippen LogP contribution is -1.97. The summed E-state index contributed by atoms with van der Waals surface area (Å²) >= 11 is 1.58.